The first-order valence-electron chi connectivity index (χ1n) is 9.72. The Hall–Kier alpha value is -3.69. The molecule has 2 aromatic heterocycles. The molecule has 0 radical (unpaired) electrons. The number of amides is 1. The standard InChI is InChI=1S/C22H21F3N4O3/c1-13(16-7-5-4-6-8-16)28-20(30)15(3)32-21(31)18-12-27-29(14(18)2)19-10-9-17(11-26-19)22(23,24)25/h4-13,15H,1-3H3,(H,28,30)/t13-,15-/m0/s1. The number of esters is 1. The van der Waals surface area contributed by atoms with Gasteiger partial charge in [0.1, 0.15) is 5.56 Å². The van der Waals surface area contributed by atoms with Crippen LogP contribution in [0.15, 0.2) is 54.9 Å². The van der Waals surface area contributed by atoms with Crippen LogP contribution >= 0.6 is 0 Å². The van der Waals surface area contributed by atoms with E-state index in [9.17, 15) is 22.8 Å². The van der Waals surface area contributed by atoms with Gasteiger partial charge in [-0.1, -0.05) is 30.3 Å². The summed E-state index contributed by atoms with van der Waals surface area (Å²) >= 11 is 0. The fourth-order valence-electron chi connectivity index (χ4n) is 2.95. The fourth-order valence-corrected chi connectivity index (χ4v) is 2.95. The average molecular weight is 446 g/mol. The minimum Gasteiger partial charge on any atom is -0.449 e. The monoisotopic (exact) mass is 446 g/mol. The van der Waals surface area contributed by atoms with Gasteiger partial charge in [0.25, 0.3) is 5.91 Å². The van der Waals surface area contributed by atoms with E-state index in [4.69, 9.17) is 4.74 Å². The number of alkyl halides is 3. The van der Waals surface area contributed by atoms with Crippen molar-refractivity contribution >= 4 is 11.9 Å². The number of nitrogens with zero attached hydrogens (tertiary/aromatic N) is 3. The van der Waals surface area contributed by atoms with Crippen LogP contribution in [0.25, 0.3) is 5.82 Å². The molecular weight excluding hydrogens is 425 g/mol. The van der Waals surface area contributed by atoms with Crippen molar-refractivity contribution in [1.29, 1.82) is 0 Å². The quantitative estimate of drug-likeness (QED) is 0.578. The number of benzene rings is 1. The van der Waals surface area contributed by atoms with E-state index in [1.54, 1.807) is 6.92 Å². The van der Waals surface area contributed by atoms with E-state index in [-0.39, 0.29) is 17.4 Å². The number of halogens is 3. The molecule has 0 fully saturated rings. The zero-order valence-electron chi connectivity index (χ0n) is 17.6. The summed E-state index contributed by atoms with van der Waals surface area (Å²) in [4.78, 5) is 28.7. The second kappa shape index (κ2) is 9.21. The molecule has 0 bridgehead atoms. The Kier molecular flexibility index (Phi) is 6.61. The lowest BCUT2D eigenvalue weighted by Gasteiger charge is -2.18. The molecule has 2 atom stereocenters. The van der Waals surface area contributed by atoms with Crippen molar-refractivity contribution in [2.24, 2.45) is 0 Å². The third-order valence-electron chi connectivity index (χ3n) is 4.83. The van der Waals surface area contributed by atoms with Gasteiger partial charge in [-0.2, -0.15) is 18.3 Å². The summed E-state index contributed by atoms with van der Waals surface area (Å²) in [7, 11) is 0. The van der Waals surface area contributed by atoms with Crippen molar-refractivity contribution in [3.05, 3.63) is 77.2 Å². The molecule has 32 heavy (non-hydrogen) atoms. The van der Waals surface area contributed by atoms with E-state index in [1.165, 1.54) is 17.8 Å². The topological polar surface area (TPSA) is 86.1 Å². The maximum atomic E-state index is 12.7. The lowest BCUT2D eigenvalue weighted by Crippen LogP contribution is -2.37. The van der Waals surface area contributed by atoms with E-state index in [0.29, 0.717) is 11.9 Å². The molecule has 0 spiro atoms. The molecule has 0 aliphatic rings. The third-order valence-corrected chi connectivity index (χ3v) is 4.83. The van der Waals surface area contributed by atoms with Crippen molar-refractivity contribution < 1.29 is 27.5 Å². The molecule has 7 nitrogen and oxygen atoms in total. The fraction of sp³-hybridized carbons (Fsp3) is 0.273. The smallest absolute Gasteiger partial charge is 0.417 e. The van der Waals surface area contributed by atoms with Gasteiger partial charge < -0.3 is 10.1 Å². The Balaban J connectivity index is 1.67. The van der Waals surface area contributed by atoms with Crippen molar-refractivity contribution in [2.75, 3.05) is 0 Å². The molecule has 0 unspecified atom stereocenters. The van der Waals surface area contributed by atoms with Gasteiger partial charge >= 0.3 is 12.1 Å². The van der Waals surface area contributed by atoms with E-state index in [1.807, 2.05) is 37.3 Å². The Morgan fingerprint density at radius 3 is 2.34 bits per heavy atom. The van der Waals surface area contributed by atoms with Gasteiger partial charge in [-0.15, -0.1) is 0 Å². The van der Waals surface area contributed by atoms with E-state index in [0.717, 1.165) is 17.7 Å². The minimum absolute atomic E-state index is 0.0717. The molecule has 0 aliphatic heterocycles. The van der Waals surface area contributed by atoms with Gasteiger partial charge in [0, 0.05) is 6.20 Å². The van der Waals surface area contributed by atoms with Crippen LogP contribution in [0.3, 0.4) is 0 Å². The third kappa shape index (κ3) is 5.13. The molecule has 0 saturated heterocycles. The molecule has 0 saturated carbocycles. The summed E-state index contributed by atoms with van der Waals surface area (Å²) in [6, 6.07) is 11.1. The number of rotatable bonds is 6. The first-order valence-corrected chi connectivity index (χ1v) is 9.72. The van der Waals surface area contributed by atoms with Gasteiger partial charge in [0.2, 0.25) is 0 Å². The molecule has 0 aliphatic carbocycles. The van der Waals surface area contributed by atoms with Gasteiger partial charge in [-0.25, -0.2) is 14.5 Å². The van der Waals surface area contributed by atoms with Crippen LogP contribution in [0.5, 0.6) is 0 Å². The number of pyridine rings is 1. The van der Waals surface area contributed by atoms with Crippen molar-refractivity contribution in [1.82, 2.24) is 20.1 Å². The molecule has 1 aromatic carbocycles. The normalized spacial score (nSPS) is 13.3. The highest BCUT2D eigenvalue weighted by atomic mass is 19.4. The lowest BCUT2D eigenvalue weighted by atomic mass is 10.1. The average Bonchev–Trinajstić information content (AvgIpc) is 3.15. The maximum absolute atomic E-state index is 12.7. The Bertz CT molecular complexity index is 1100. The predicted molar refractivity (Wildman–Crippen MR) is 109 cm³/mol. The van der Waals surface area contributed by atoms with Crippen LogP contribution in [-0.2, 0) is 15.7 Å². The maximum Gasteiger partial charge on any atom is 0.417 e. The second-order valence-electron chi connectivity index (χ2n) is 7.15. The summed E-state index contributed by atoms with van der Waals surface area (Å²) in [6.45, 7) is 4.81. The molecule has 3 aromatic rings. The molecule has 10 heteroatoms. The first-order chi connectivity index (χ1) is 15.1. The summed E-state index contributed by atoms with van der Waals surface area (Å²) in [6.07, 6.45) is -3.67. The zero-order valence-corrected chi connectivity index (χ0v) is 17.6. The van der Waals surface area contributed by atoms with Gasteiger partial charge in [-0.3, -0.25) is 4.79 Å². The number of ether oxygens (including phenoxy) is 1. The van der Waals surface area contributed by atoms with Crippen LogP contribution in [-0.4, -0.2) is 32.7 Å². The SMILES string of the molecule is Cc1c(C(=O)O[C@@H](C)C(=O)N[C@@H](C)c2ccccc2)cnn1-c1ccc(C(F)(F)F)cn1. The van der Waals surface area contributed by atoms with E-state index >= 15 is 0 Å². The Morgan fingerprint density at radius 2 is 1.75 bits per heavy atom. The number of aromatic nitrogens is 3. The zero-order chi connectivity index (χ0) is 23.5. The molecule has 168 valence electrons. The van der Waals surface area contributed by atoms with Gasteiger partial charge in [0.15, 0.2) is 11.9 Å². The highest BCUT2D eigenvalue weighted by Gasteiger charge is 2.31. The van der Waals surface area contributed by atoms with E-state index < -0.39 is 29.7 Å². The van der Waals surface area contributed by atoms with Crippen LogP contribution in [0.4, 0.5) is 13.2 Å². The highest BCUT2D eigenvalue weighted by Crippen LogP contribution is 2.29. The Labute approximate surface area is 182 Å². The van der Waals surface area contributed by atoms with Crippen LogP contribution in [0.1, 0.15) is 47.1 Å². The number of carbonyl (C=O) groups is 2. The number of hydrogen-bond donors (Lipinski definition) is 1. The highest BCUT2D eigenvalue weighted by molar-refractivity contribution is 5.93. The van der Waals surface area contributed by atoms with Crippen LogP contribution in [0.2, 0.25) is 0 Å². The van der Waals surface area contributed by atoms with Crippen LogP contribution < -0.4 is 5.32 Å². The number of hydrogen-bond acceptors (Lipinski definition) is 5. The summed E-state index contributed by atoms with van der Waals surface area (Å²) in [5.41, 5.74) is 0.394. The van der Waals surface area contributed by atoms with E-state index in [2.05, 4.69) is 15.4 Å². The number of carbonyl (C=O) groups excluding carboxylic acids is 2. The summed E-state index contributed by atoms with van der Waals surface area (Å²) in [5.74, 6) is -1.14. The Morgan fingerprint density at radius 1 is 1.06 bits per heavy atom. The first kappa shape index (κ1) is 23.0. The molecule has 2 heterocycles. The van der Waals surface area contributed by atoms with Gasteiger partial charge in [-0.05, 0) is 38.5 Å². The molecule has 1 N–H and O–H groups in total. The molecular formula is C22H21F3N4O3. The van der Waals surface area contributed by atoms with Gasteiger partial charge in [0.05, 0.1) is 23.5 Å². The van der Waals surface area contributed by atoms with Crippen molar-refractivity contribution in [3.63, 3.8) is 0 Å². The summed E-state index contributed by atoms with van der Waals surface area (Å²) < 4.78 is 44.6. The second-order valence-corrected chi connectivity index (χ2v) is 7.15. The molecule has 3 rings (SSSR count). The molecule has 1 amide bonds. The van der Waals surface area contributed by atoms with Crippen LogP contribution in [0, 0.1) is 6.92 Å². The predicted octanol–water partition coefficient (Wildman–Crippen LogP) is 4.02. The minimum atomic E-state index is -4.51. The largest absolute Gasteiger partial charge is 0.449 e. The summed E-state index contributed by atoms with van der Waals surface area (Å²) in [5, 5.41) is 6.79. The lowest BCUT2D eigenvalue weighted by molar-refractivity contribution is -0.137. The van der Waals surface area contributed by atoms with Crippen molar-refractivity contribution in [3.8, 4) is 5.82 Å². The van der Waals surface area contributed by atoms with Crippen molar-refractivity contribution in [2.45, 2.75) is 39.1 Å². The number of nitrogens with one attached hydrogen (secondary N) is 1.